The van der Waals surface area contributed by atoms with E-state index in [2.05, 4.69) is 46.2 Å². The van der Waals surface area contributed by atoms with E-state index in [0.29, 0.717) is 12.3 Å². The second kappa shape index (κ2) is 6.13. The fourth-order valence-electron chi connectivity index (χ4n) is 2.49. The lowest BCUT2D eigenvalue weighted by Crippen LogP contribution is -2.40. The Morgan fingerprint density at radius 2 is 1.95 bits per heavy atom. The van der Waals surface area contributed by atoms with Crippen LogP contribution < -0.4 is 10.4 Å². The largest absolute Gasteiger partial charge is 0.461 e. The van der Waals surface area contributed by atoms with Gasteiger partial charge in [0.25, 0.3) is 0 Å². The summed E-state index contributed by atoms with van der Waals surface area (Å²) < 4.78 is 5.89. The molecule has 0 bridgehead atoms. The van der Waals surface area contributed by atoms with Crippen molar-refractivity contribution in [3.63, 3.8) is 0 Å². The first kappa shape index (κ1) is 15.1. The van der Waals surface area contributed by atoms with E-state index < -0.39 is 0 Å². The normalized spacial score (nSPS) is 15.3. The topological polar surface area (TPSA) is 44.8 Å². The molecule has 0 aromatic heterocycles. The fraction of sp³-hybridized carbons (Fsp3) is 0.188. The molecule has 6 heteroatoms. The summed E-state index contributed by atoms with van der Waals surface area (Å²) in [5, 5.41) is 6.03. The van der Waals surface area contributed by atoms with Gasteiger partial charge in [-0.05, 0) is 41.0 Å². The first-order chi connectivity index (χ1) is 10.6. The number of hydrazine groups is 2. The van der Waals surface area contributed by atoms with E-state index >= 15 is 0 Å². The molecule has 2 aromatic rings. The Hall–Kier alpha value is -1.80. The molecule has 0 unspecified atom stereocenters. The third-order valence-electron chi connectivity index (χ3n) is 3.44. The van der Waals surface area contributed by atoms with Crippen LogP contribution in [0.5, 0.6) is 0 Å². The van der Waals surface area contributed by atoms with Crippen LogP contribution in [0.2, 0.25) is 0 Å². The Kier molecular flexibility index (Phi) is 4.21. The number of carbonyl (C=O) groups is 1. The van der Waals surface area contributed by atoms with Crippen molar-refractivity contribution in [1.29, 1.82) is 0 Å². The number of benzene rings is 2. The molecular formula is C16H16IN3O2. The highest BCUT2D eigenvalue weighted by atomic mass is 127. The molecule has 1 aliphatic rings. The third-order valence-corrected chi connectivity index (χ3v) is 4.44. The van der Waals surface area contributed by atoms with E-state index in [0.717, 1.165) is 20.2 Å². The molecule has 114 valence electrons. The SMILES string of the molecule is CCOC(=O)C1=C(I)N(c2cccc3ccccc23)N(C)N1. The minimum absolute atomic E-state index is 0.346. The minimum Gasteiger partial charge on any atom is -0.461 e. The lowest BCUT2D eigenvalue weighted by Gasteiger charge is -2.27. The van der Waals surface area contributed by atoms with Crippen LogP contribution in [0.4, 0.5) is 5.69 Å². The van der Waals surface area contributed by atoms with Crippen LogP contribution >= 0.6 is 22.6 Å². The number of nitrogens with one attached hydrogen (secondary N) is 1. The van der Waals surface area contributed by atoms with Gasteiger partial charge in [-0.1, -0.05) is 36.4 Å². The van der Waals surface area contributed by atoms with Crippen LogP contribution in [0.25, 0.3) is 10.8 Å². The van der Waals surface area contributed by atoms with Crippen LogP contribution in [-0.2, 0) is 9.53 Å². The zero-order valence-corrected chi connectivity index (χ0v) is 14.5. The average molecular weight is 409 g/mol. The second-order valence-corrected chi connectivity index (χ2v) is 5.85. The number of rotatable bonds is 3. The predicted molar refractivity (Wildman–Crippen MR) is 95.0 cm³/mol. The molecule has 0 atom stereocenters. The highest BCUT2D eigenvalue weighted by Gasteiger charge is 2.32. The van der Waals surface area contributed by atoms with Crippen LogP contribution in [0.15, 0.2) is 51.9 Å². The van der Waals surface area contributed by atoms with Gasteiger partial charge < -0.3 is 4.74 Å². The van der Waals surface area contributed by atoms with Crippen molar-refractivity contribution in [2.45, 2.75) is 6.92 Å². The molecule has 1 N–H and O–H groups in total. The molecule has 0 aliphatic carbocycles. The summed E-state index contributed by atoms with van der Waals surface area (Å²) in [4.78, 5) is 12.0. The van der Waals surface area contributed by atoms with Crippen LogP contribution in [0.3, 0.4) is 0 Å². The molecule has 22 heavy (non-hydrogen) atoms. The molecular weight excluding hydrogens is 393 g/mol. The van der Waals surface area contributed by atoms with Gasteiger partial charge >= 0.3 is 5.97 Å². The molecule has 1 aliphatic heterocycles. The Labute approximate surface area is 142 Å². The molecule has 0 saturated carbocycles. The summed E-state index contributed by atoms with van der Waals surface area (Å²) in [5.74, 6) is -0.346. The summed E-state index contributed by atoms with van der Waals surface area (Å²) in [6.45, 7) is 2.15. The Balaban J connectivity index is 2.08. The zero-order chi connectivity index (χ0) is 15.7. The highest BCUT2D eigenvalue weighted by molar-refractivity contribution is 14.1. The van der Waals surface area contributed by atoms with E-state index in [9.17, 15) is 4.79 Å². The highest BCUT2D eigenvalue weighted by Crippen LogP contribution is 2.35. The maximum absolute atomic E-state index is 12.0. The number of fused-ring (bicyclic) bond motifs is 1. The molecule has 1 heterocycles. The monoisotopic (exact) mass is 409 g/mol. The number of nitrogens with zero attached hydrogens (tertiary/aromatic N) is 2. The molecule has 3 rings (SSSR count). The number of hydrogen-bond donors (Lipinski definition) is 1. The Morgan fingerprint density at radius 1 is 1.23 bits per heavy atom. The van der Waals surface area contributed by atoms with Crippen LogP contribution in [0.1, 0.15) is 6.92 Å². The fourth-order valence-corrected chi connectivity index (χ4v) is 3.41. The van der Waals surface area contributed by atoms with Crippen LogP contribution in [-0.4, -0.2) is 24.7 Å². The molecule has 0 fully saturated rings. The molecule has 5 nitrogen and oxygen atoms in total. The number of carbonyl (C=O) groups excluding carboxylic acids is 1. The number of esters is 1. The van der Waals surface area contributed by atoms with Crippen molar-refractivity contribution in [3.8, 4) is 0 Å². The molecule has 2 aromatic carbocycles. The van der Waals surface area contributed by atoms with E-state index in [1.807, 2.05) is 36.3 Å². The van der Waals surface area contributed by atoms with Crippen molar-refractivity contribution in [1.82, 2.24) is 10.5 Å². The number of anilines is 1. The maximum atomic E-state index is 12.0. The van der Waals surface area contributed by atoms with Crippen molar-refractivity contribution >= 4 is 45.0 Å². The first-order valence-electron chi connectivity index (χ1n) is 6.98. The van der Waals surface area contributed by atoms with Gasteiger partial charge in [-0.15, -0.1) is 5.12 Å². The number of halogens is 1. The lowest BCUT2D eigenvalue weighted by molar-refractivity contribution is -0.139. The summed E-state index contributed by atoms with van der Waals surface area (Å²) in [6.07, 6.45) is 0. The van der Waals surface area contributed by atoms with Gasteiger partial charge in [-0.3, -0.25) is 5.43 Å². The number of ether oxygens (including phenoxy) is 1. The smallest absolute Gasteiger partial charge is 0.358 e. The van der Waals surface area contributed by atoms with Gasteiger partial charge in [-0.25, -0.2) is 9.80 Å². The van der Waals surface area contributed by atoms with Crippen molar-refractivity contribution < 1.29 is 9.53 Å². The van der Waals surface area contributed by atoms with Gasteiger partial charge in [0, 0.05) is 12.4 Å². The average Bonchev–Trinajstić information content (AvgIpc) is 2.82. The standard InChI is InChI=1S/C16H16IN3O2/c1-3-22-16(21)14-15(17)20(19(2)18-14)13-10-6-8-11-7-4-5-9-12(11)13/h4-10,18H,3H2,1-2H3. The van der Waals surface area contributed by atoms with Gasteiger partial charge in [0.2, 0.25) is 0 Å². The Bertz CT molecular complexity index is 755. The van der Waals surface area contributed by atoms with Gasteiger partial charge in [0.1, 0.15) is 3.70 Å². The Morgan fingerprint density at radius 3 is 2.73 bits per heavy atom. The van der Waals surface area contributed by atoms with Crippen molar-refractivity contribution in [3.05, 3.63) is 51.9 Å². The summed E-state index contributed by atoms with van der Waals surface area (Å²) >= 11 is 2.16. The lowest BCUT2D eigenvalue weighted by atomic mass is 10.1. The number of hydrogen-bond acceptors (Lipinski definition) is 5. The zero-order valence-electron chi connectivity index (χ0n) is 12.3. The van der Waals surface area contributed by atoms with Gasteiger partial charge in [-0.2, -0.15) is 0 Å². The maximum Gasteiger partial charge on any atom is 0.358 e. The second-order valence-electron chi connectivity index (χ2n) is 4.83. The summed E-state index contributed by atoms with van der Waals surface area (Å²) in [5.41, 5.74) is 4.53. The van der Waals surface area contributed by atoms with E-state index in [1.165, 1.54) is 0 Å². The minimum atomic E-state index is -0.346. The van der Waals surface area contributed by atoms with E-state index in [-0.39, 0.29) is 5.97 Å². The van der Waals surface area contributed by atoms with E-state index in [4.69, 9.17) is 4.74 Å². The predicted octanol–water partition coefficient (Wildman–Crippen LogP) is 3.18. The molecule has 0 spiro atoms. The molecule has 0 saturated heterocycles. The summed E-state index contributed by atoms with van der Waals surface area (Å²) in [7, 11) is 1.87. The van der Waals surface area contributed by atoms with Gasteiger partial charge in [0.15, 0.2) is 5.70 Å². The summed E-state index contributed by atoms with van der Waals surface area (Å²) in [6, 6.07) is 14.3. The van der Waals surface area contributed by atoms with Gasteiger partial charge in [0.05, 0.1) is 12.3 Å². The quantitative estimate of drug-likeness (QED) is 0.480. The molecule has 0 radical (unpaired) electrons. The van der Waals surface area contributed by atoms with E-state index in [1.54, 1.807) is 12.0 Å². The van der Waals surface area contributed by atoms with Crippen molar-refractivity contribution in [2.75, 3.05) is 18.7 Å². The van der Waals surface area contributed by atoms with Crippen LogP contribution in [0, 0.1) is 0 Å². The van der Waals surface area contributed by atoms with Crippen molar-refractivity contribution in [2.24, 2.45) is 0 Å². The third kappa shape index (κ3) is 2.52. The molecule has 0 amide bonds. The first-order valence-corrected chi connectivity index (χ1v) is 8.06.